The summed E-state index contributed by atoms with van der Waals surface area (Å²) in [4.78, 5) is 28.7. The van der Waals surface area contributed by atoms with Crippen LogP contribution in [0.5, 0.6) is 0 Å². The number of rotatable bonds is 8. The third-order valence-corrected chi connectivity index (χ3v) is 5.27. The van der Waals surface area contributed by atoms with Crippen LogP contribution in [0, 0.1) is 19.8 Å². The molecule has 1 heterocycles. The molecule has 7 nitrogen and oxygen atoms in total. The van der Waals surface area contributed by atoms with E-state index in [1.54, 1.807) is 7.05 Å². The van der Waals surface area contributed by atoms with Gasteiger partial charge in [0, 0.05) is 38.4 Å². The quantitative estimate of drug-likeness (QED) is 0.699. The lowest BCUT2D eigenvalue weighted by molar-refractivity contribution is -0.116. The van der Waals surface area contributed by atoms with E-state index in [-0.39, 0.29) is 24.5 Å². The van der Waals surface area contributed by atoms with Crippen molar-refractivity contribution >= 4 is 17.6 Å². The predicted octanol–water partition coefficient (Wildman–Crippen LogP) is 2.63. The normalized spacial score (nSPS) is 15.8. The molecule has 1 saturated heterocycles. The Morgan fingerprint density at radius 3 is 2.38 bits per heavy atom. The number of nitrogens with zero attached hydrogens (tertiary/aromatic N) is 2. The molecule has 0 radical (unpaired) electrons. The molecular formula is C22H36N4O3. The third-order valence-electron chi connectivity index (χ3n) is 5.27. The lowest BCUT2D eigenvalue weighted by Crippen LogP contribution is -2.51. The van der Waals surface area contributed by atoms with Gasteiger partial charge in [-0.1, -0.05) is 32.0 Å². The molecule has 29 heavy (non-hydrogen) atoms. The monoisotopic (exact) mass is 404 g/mol. The van der Waals surface area contributed by atoms with Crippen molar-refractivity contribution in [2.45, 2.75) is 40.2 Å². The Kier molecular flexibility index (Phi) is 8.92. The first kappa shape index (κ1) is 23.2. The Balaban J connectivity index is 1.85. The molecule has 2 N–H and O–H groups in total. The molecule has 2 rings (SSSR count). The van der Waals surface area contributed by atoms with Crippen LogP contribution in [0.25, 0.3) is 0 Å². The fourth-order valence-electron chi connectivity index (χ4n) is 3.67. The van der Waals surface area contributed by atoms with E-state index in [1.807, 2.05) is 32.0 Å². The van der Waals surface area contributed by atoms with Crippen LogP contribution >= 0.6 is 0 Å². The maximum absolute atomic E-state index is 12.5. The summed E-state index contributed by atoms with van der Waals surface area (Å²) in [5.74, 6) is 0.340. The van der Waals surface area contributed by atoms with Crippen LogP contribution in [0.2, 0.25) is 0 Å². The predicted molar refractivity (Wildman–Crippen MR) is 116 cm³/mol. The number of hydrogen-bond acceptors (Lipinski definition) is 4. The summed E-state index contributed by atoms with van der Waals surface area (Å²) in [6.07, 6.45) is 1.01. The number of carbonyl (C=O) groups is 2. The fourth-order valence-corrected chi connectivity index (χ4v) is 3.67. The average molecular weight is 405 g/mol. The maximum atomic E-state index is 12.5. The van der Waals surface area contributed by atoms with E-state index in [2.05, 4.69) is 29.4 Å². The maximum Gasteiger partial charge on any atom is 0.317 e. The number of ether oxygens (including phenoxy) is 1. The molecule has 3 amide bonds. The number of aryl methyl sites for hydroxylation is 2. The van der Waals surface area contributed by atoms with E-state index in [0.29, 0.717) is 12.5 Å². The molecule has 0 aliphatic carbocycles. The Morgan fingerprint density at radius 1 is 1.17 bits per heavy atom. The van der Waals surface area contributed by atoms with Crippen LogP contribution in [0.15, 0.2) is 18.2 Å². The zero-order chi connectivity index (χ0) is 21.4. The summed E-state index contributed by atoms with van der Waals surface area (Å²) in [5, 5.41) is 5.93. The van der Waals surface area contributed by atoms with E-state index < -0.39 is 0 Å². The van der Waals surface area contributed by atoms with Crippen LogP contribution in [0.4, 0.5) is 10.5 Å². The van der Waals surface area contributed by atoms with Crippen molar-refractivity contribution in [1.29, 1.82) is 0 Å². The van der Waals surface area contributed by atoms with Crippen LogP contribution in [-0.2, 0) is 9.53 Å². The number of likely N-dealkylation sites (N-methyl/N-ethyl adjacent to an activating group) is 1. The van der Waals surface area contributed by atoms with Crippen LogP contribution < -0.4 is 10.6 Å². The highest BCUT2D eigenvalue weighted by Gasteiger charge is 2.23. The molecule has 1 unspecified atom stereocenters. The standard InChI is InChI=1S/C22H36N4O3/c1-16(2)13-19(26-9-11-29-12-10-26)14-23-22(28)25(5)15-20(27)24-21-17(3)7-6-8-18(21)4/h6-8,16,19H,9-15H2,1-5H3,(H,23,28)(H,24,27). The van der Waals surface area contributed by atoms with Crippen molar-refractivity contribution in [2.24, 2.45) is 5.92 Å². The molecular weight excluding hydrogens is 368 g/mol. The molecule has 0 aromatic heterocycles. The first-order valence-electron chi connectivity index (χ1n) is 10.4. The fraction of sp³-hybridized carbons (Fsp3) is 0.636. The number of benzene rings is 1. The number of amides is 3. The minimum Gasteiger partial charge on any atom is -0.379 e. The minimum absolute atomic E-state index is 0.00596. The molecule has 1 aromatic carbocycles. The van der Waals surface area contributed by atoms with Crippen molar-refractivity contribution in [1.82, 2.24) is 15.1 Å². The van der Waals surface area contributed by atoms with E-state index in [4.69, 9.17) is 4.74 Å². The second-order valence-electron chi connectivity index (χ2n) is 8.29. The van der Waals surface area contributed by atoms with Gasteiger partial charge in [-0.05, 0) is 37.3 Å². The summed E-state index contributed by atoms with van der Waals surface area (Å²) in [7, 11) is 1.64. The van der Waals surface area contributed by atoms with E-state index in [9.17, 15) is 9.59 Å². The number of nitrogens with one attached hydrogen (secondary N) is 2. The van der Waals surface area contributed by atoms with Gasteiger partial charge in [0.05, 0.1) is 13.2 Å². The SMILES string of the molecule is Cc1cccc(C)c1NC(=O)CN(C)C(=O)NCC(CC(C)C)N1CCOCC1. The first-order chi connectivity index (χ1) is 13.8. The molecule has 7 heteroatoms. The topological polar surface area (TPSA) is 73.9 Å². The number of para-hydroxylation sites is 1. The first-order valence-corrected chi connectivity index (χ1v) is 10.4. The molecule has 1 aliphatic heterocycles. The average Bonchev–Trinajstić information content (AvgIpc) is 2.68. The summed E-state index contributed by atoms with van der Waals surface area (Å²) in [6.45, 7) is 12.1. The smallest absolute Gasteiger partial charge is 0.317 e. The zero-order valence-corrected chi connectivity index (χ0v) is 18.5. The highest BCUT2D eigenvalue weighted by atomic mass is 16.5. The number of morpholine rings is 1. The summed E-state index contributed by atoms with van der Waals surface area (Å²) >= 11 is 0. The minimum atomic E-state index is -0.233. The number of hydrogen-bond donors (Lipinski definition) is 2. The second-order valence-corrected chi connectivity index (χ2v) is 8.29. The number of urea groups is 1. The Bertz CT molecular complexity index is 666. The molecule has 0 saturated carbocycles. The van der Waals surface area contributed by atoms with Gasteiger partial charge in [-0.15, -0.1) is 0 Å². The Hall–Kier alpha value is -2.12. The summed E-state index contributed by atoms with van der Waals surface area (Å²) < 4.78 is 5.45. The molecule has 1 aliphatic rings. The number of anilines is 1. The molecule has 1 fully saturated rings. The van der Waals surface area contributed by atoms with Crippen LogP contribution in [0.3, 0.4) is 0 Å². The zero-order valence-electron chi connectivity index (χ0n) is 18.5. The van der Waals surface area contributed by atoms with Gasteiger partial charge in [-0.2, -0.15) is 0 Å². The Labute approximate surface area is 174 Å². The molecule has 0 spiro atoms. The Morgan fingerprint density at radius 2 is 1.79 bits per heavy atom. The molecule has 1 aromatic rings. The van der Waals surface area contributed by atoms with Gasteiger partial charge in [0.15, 0.2) is 0 Å². The van der Waals surface area contributed by atoms with Crippen molar-refractivity contribution in [3.05, 3.63) is 29.3 Å². The van der Waals surface area contributed by atoms with E-state index in [0.717, 1.165) is 49.5 Å². The van der Waals surface area contributed by atoms with Crippen molar-refractivity contribution in [3.8, 4) is 0 Å². The van der Waals surface area contributed by atoms with E-state index >= 15 is 0 Å². The van der Waals surface area contributed by atoms with Gasteiger partial charge in [0.1, 0.15) is 6.54 Å². The lowest BCUT2D eigenvalue weighted by Gasteiger charge is -2.35. The van der Waals surface area contributed by atoms with Crippen LogP contribution in [-0.4, -0.2) is 74.2 Å². The van der Waals surface area contributed by atoms with Gasteiger partial charge in [-0.25, -0.2) is 4.79 Å². The van der Waals surface area contributed by atoms with Gasteiger partial charge in [-0.3, -0.25) is 9.69 Å². The highest BCUT2D eigenvalue weighted by molar-refractivity contribution is 5.95. The largest absolute Gasteiger partial charge is 0.379 e. The van der Waals surface area contributed by atoms with Crippen molar-refractivity contribution in [3.63, 3.8) is 0 Å². The molecule has 0 bridgehead atoms. The highest BCUT2D eigenvalue weighted by Crippen LogP contribution is 2.19. The molecule has 1 atom stereocenters. The van der Waals surface area contributed by atoms with Gasteiger partial charge < -0.3 is 20.3 Å². The molecule has 162 valence electrons. The van der Waals surface area contributed by atoms with E-state index in [1.165, 1.54) is 4.90 Å². The van der Waals surface area contributed by atoms with Crippen LogP contribution in [0.1, 0.15) is 31.4 Å². The summed E-state index contributed by atoms with van der Waals surface area (Å²) in [6, 6.07) is 5.92. The third kappa shape index (κ3) is 7.33. The van der Waals surface area contributed by atoms with Crippen molar-refractivity contribution in [2.75, 3.05) is 51.8 Å². The summed E-state index contributed by atoms with van der Waals surface area (Å²) in [5.41, 5.74) is 2.83. The van der Waals surface area contributed by atoms with Gasteiger partial charge in [0.2, 0.25) is 5.91 Å². The lowest BCUT2D eigenvalue weighted by atomic mass is 10.0. The van der Waals surface area contributed by atoms with Crippen molar-refractivity contribution < 1.29 is 14.3 Å². The number of carbonyl (C=O) groups excluding carboxylic acids is 2. The second kappa shape index (κ2) is 11.2. The van der Waals surface area contributed by atoms with Gasteiger partial charge >= 0.3 is 6.03 Å². The van der Waals surface area contributed by atoms with Gasteiger partial charge in [0.25, 0.3) is 0 Å².